The molecule has 10 heavy (non-hydrogen) atoms. The molecule has 0 amide bonds. The first-order valence-corrected chi connectivity index (χ1v) is 2.91. The lowest BCUT2D eigenvalue weighted by molar-refractivity contribution is 0.397. The number of hydrogen-bond acceptors (Lipinski definition) is 3. The van der Waals surface area contributed by atoms with Gasteiger partial charge in [-0.15, -0.1) is 0 Å². The summed E-state index contributed by atoms with van der Waals surface area (Å²) in [6, 6.07) is 1.61. The van der Waals surface area contributed by atoms with Crippen LogP contribution in [-0.2, 0) is 0 Å². The van der Waals surface area contributed by atoms with E-state index in [-0.39, 0.29) is 5.75 Å². The van der Waals surface area contributed by atoms with E-state index in [9.17, 15) is 4.79 Å². The van der Waals surface area contributed by atoms with Crippen molar-refractivity contribution in [2.75, 3.05) is 0 Å². The summed E-state index contributed by atoms with van der Waals surface area (Å²) >= 11 is 0. The zero-order chi connectivity index (χ0) is 7.72. The summed E-state index contributed by atoms with van der Waals surface area (Å²) in [4.78, 5) is 10.6. The van der Waals surface area contributed by atoms with Gasteiger partial charge in [-0.2, -0.15) is 0 Å². The van der Waals surface area contributed by atoms with E-state index in [1.807, 2.05) is 0 Å². The van der Waals surface area contributed by atoms with Crippen LogP contribution in [0.1, 0.15) is 11.3 Å². The van der Waals surface area contributed by atoms with Crippen molar-refractivity contribution in [3.05, 3.63) is 27.8 Å². The molecule has 0 saturated carbocycles. The molecule has 0 aliphatic rings. The van der Waals surface area contributed by atoms with Gasteiger partial charge >= 0.3 is 5.63 Å². The molecular weight excluding hydrogens is 132 g/mol. The van der Waals surface area contributed by atoms with Gasteiger partial charge in [0, 0.05) is 5.56 Å². The van der Waals surface area contributed by atoms with Gasteiger partial charge in [0.1, 0.15) is 5.76 Å². The first kappa shape index (κ1) is 6.86. The van der Waals surface area contributed by atoms with Crippen LogP contribution in [0.5, 0.6) is 5.75 Å². The molecule has 0 spiro atoms. The average Bonchev–Trinajstić information content (AvgIpc) is 1.82. The monoisotopic (exact) mass is 140 g/mol. The Morgan fingerprint density at radius 1 is 1.50 bits per heavy atom. The topological polar surface area (TPSA) is 50.4 Å². The Balaban J connectivity index is 3.46. The number of aryl methyl sites for hydroxylation is 2. The van der Waals surface area contributed by atoms with Crippen molar-refractivity contribution in [1.29, 1.82) is 0 Å². The molecule has 3 heteroatoms. The minimum absolute atomic E-state index is 0.300. The van der Waals surface area contributed by atoms with E-state index in [1.54, 1.807) is 19.9 Å². The van der Waals surface area contributed by atoms with Crippen LogP contribution >= 0.6 is 0 Å². The molecule has 0 aromatic carbocycles. The molecule has 1 heterocycles. The zero-order valence-corrected chi connectivity index (χ0v) is 5.84. The second kappa shape index (κ2) is 2.17. The highest BCUT2D eigenvalue weighted by molar-refractivity contribution is 5.26. The lowest BCUT2D eigenvalue weighted by atomic mass is 10.2. The quantitative estimate of drug-likeness (QED) is 0.584. The van der Waals surface area contributed by atoms with Crippen molar-refractivity contribution in [3.8, 4) is 5.75 Å². The third-order valence-electron chi connectivity index (χ3n) is 1.24. The molecule has 0 radical (unpaired) electrons. The van der Waals surface area contributed by atoms with Gasteiger partial charge in [0.15, 0.2) is 0 Å². The third-order valence-corrected chi connectivity index (χ3v) is 1.24. The molecule has 0 aliphatic heterocycles. The maximum absolute atomic E-state index is 10.6. The van der Waals surface area contributed by atoms with Crippen LogP contribution in [0.2, 0.25) is 0 Å². The Kier molecular flexibility index (Phi) is 1.49. The van der Waals surface area contributed by atoms with Gasteiger partial charge in [-0.25, -0.2) is 4.79 Å². The van der Waals surface area contributed by atoms with Crippen molar-refractivity contribution in [3.63, 3.8) is 0 Å². The summed E-state index contributed by atoms with van der Waals surface area (Å²) in [5.74, 6) is 0.214. The normalized spacial score (nSPS) is 9.80. The third kappa shape index (κ3) is 1.03. The molecule has 0 atom stereocenters. The molecule has 0 fully saturated rings. The molecule has 0 unspecified atom stereocenters. The summed E-state index contributed by atoms with van der Waals surface area (Å²) in [6.07, 6.45) is 0. The average molecular weight is 140 g/mol. The van der Waals surface area contributed by atoms with Crippen molar-refractivity contribution in [2.24, 2.45) is 0 Å². The number of rotatable bonds is 0. The zero-order valence-electron chi connectivity index (χ0n) is 5.84. The Bertz CT molecular complexity index is 298. The highest BCUT2D eigenvalue weighted by atomic mass is 16.4. The molecular formula is C7H8O3. The van der Waals surface area contributed by atoms with Gasteiger partial charge in [-0.3, -0.25) is 0 Å². The highest BCUT2D eigenvalue weighted by Crippen LogP contribution is 2.09. The lowest BCUT2D eigenvalue weighted by Crippen LogP contribution is -2.00. The van der Waals surface area contributed by atoms with Crippen LogP contribution < -0.4 is 5.63 Å². The van der Waals surface area contributed by atoms with Crippen LogP contribution in [0, 0.1) is 13.8 Å². The number of aromatic hydroxyl groups is 1. The highest BCUT2D eigenvalue weighted by Gasteiger charge is 2.02. The molecule has 0 bridgehead atoms. The van der Waals surface area contributed by atoms with Gasteiger partial charge in [0.2, 0.25) is 5.75 Å². The fourth-order valence-corrected chi connectivity index (χ4v) is 0.758. The summed E-state index contributed by atoms with van der Waals surface area (Å²) < 4.78 is 4.58. The predicted molar refractivity (Wildman–Crippen MR) is 36.1 cm³/mol. The van der Waals surface area contributed by atoms with Gasteiger partial charge in [0.25, 0.3) is 0 Å². The Labute approximate surface area is 57.9 Å². The first-order chi connectivity index (χ1) is 4.61. The summed E-state index contributed by atoms with van der Waals surface area (Å²) in [5.41, 5.74) is -0.119. The Hall–Kier alpha value is -1.25. The van der Waals surface area contributed by atoms with Crippen LogP contribution in [-0.4, -0.2) is 5.11 Å². The van der Waals surface area contributed by atoms with E-state index in [0.29, 0.717) is 11.3 Å². The summed E-state index contributed by atoms with van der Waals surface area (Å²) in [7, 11) is 0. The molecule has 0 saturated heterocycles. The van der Waals surface area contributed by atoms with Gasteiger partial charge in [-0.05, 0) is 19.9 Å². The molecule has 0 aliphatic carbocycles. The van der Waals surface area contributed by atoms with Crippen molar-refractivity contribution in [2.45, 2.75) is 13.8 Å². The maximum Gasteiger partial charge on any atom is 0.378 e. The van der Waals surface area contributed by atoms with Gasteiger partial charge in [0.05, 0.1) is 0 Å². The van der Waals surface area contributed by atoms with E-state index < -0.39 is 5.63 Å². The van der Waals surface area contributed by atoms with E-state index in [2.05, 4.69) is 4.42 Å². The smallest absolute Gasteiger partial charge is 0.378 e. The van der Waals surface area contributed by atoms with Crippen molar-refractivity contribution < 1.29 is 9.52 Å². The molecule has 1 aromatic heterocycles. The van der Waals surface area contributed by atoms with Gasteiger partial charge < -0.3 is 9.52 Å². The molecule has 3 nitrogen and oxygen atoms in total. The van der Waals surface area contributed by atoms with E-state index in [0.717, 1.165) is 0 Å². The molecule has 1 N–H and O–H groups in total. The first-order valence-electron chi connectivity index (χ1n) is 2.91. The van der Waals surface area contributed by atoms with Crippen LogP contribution in [0.15, 0.2) is 15.3 Å². The SMILES string of the molecule is Cc1cc(C)c(O)c(=O)o1. The minimum atomic E-state index is -0.669. The van der Waals surface area contributed by atoms with Gasteiger partial charge in [-0.1, -0.05) is 0 Å². The molecule has 54 valence electrons. The molecule has 1 rings (SSSR count). The summed E-state index contributed by atoms with van der Waals surface area (Å²) in [6.45, 7) is 3.31. The van der Waals surface area contributed by atoms with E-state index in [1.165, 1.54) is 0 Å². The lowest BCUT2D eigenvalue weighted by Gasteiger charge is -1.95. The van der Waals surface area contributed by atoms with Crippen LogP contribution in [0.4, 0.5) is 0 Å². The van der Waals surface area contributed by atoms with E-state index >= 15 is 0 Å². The largest absolute Gasteiger partial charge is 0.502 e. The standard InChI is InChI=1S/C7H8O3/c1-4-3-5(2)10-7(9)6(4)8/h3,8H,1-2H3. The van der Waals surface area contributed by atoms with Crippen LogP contribution in [0.3, 0.4) is 0 Å². The minimum Gasteiger partial charge on any atom is -0.502 e. The molecule has 1 aromatic rings. The van der Waals surface area contributed by atoms with Crippen LogP contribution in [0.25, 0.3) is 0 Å². The predicted octanol–water partition coefficient (Wildman–Crippen LogP) is 0.962. The Morgan fingerprint density at radius 2 is 2.10 bits per heavy atom. The maximum atomic E-state index is 10.6. The number of hydrogen-bond donors (Lipinski definition) is 1. The van der Waals surface area contributed by atoms with Crippen molar-refractivity contribution >= 4 is 0 Å². The van der Waals surface area contributed by atoms with E-state index in [4.69, 9.17) is 5.11 Å². The second-order valence-electron chi connectivity index (χ2n) is 2.18. The van der Waals surface area contributed by atoms with Crippen molar-refractivity contribution in [1.82, 2.24) is 0 Å². The summed E-state index contributed by atoms with van der Waals surface area (Å²) in [5, 5.41) is 8.92. The second-order valence-corrected chi connectivity index (χ2v) is 2.18. The Morgan fingerprint density at radius 3 is 2.60 bits per heavy atom. The fraction of sp³-hybridized carbons (Fsp3) is 0.286. The fourth-order valence-electron chi connectivity index (χ4n) is 0.758.